The van der Waals surface area contributed by atoms with Gasteiger partial charge in [-0.05, 0) is 106 Å². The van der Waals surface area contributed by atoms with E-state index in [0.29, 0.717) is 23.9 Å². The number of aliphatic hydroxyl groups is 1. The second-order valence-corrected chi connectivity index (χ2v) is 15.4. The van der Waals surface area contributed by atoms with Gasteiger partial charge < -0.3 is 24.4 Å². The SMILES string of the molecule is Cc1c(C)c2c(c(C)c1OCc1ccccc1)CCC(C)(CN1CCC[C@H]1COc1ccc(CC3SC(=O)N(C(=O)CC(O)C(=O)O)C3=O)cc1)O2. The lowest BCUT2D eigenvalue weighted by Gasteiger charge is -2.41. The number of aliphatic carboxylic acids is 1. The van der Waals surface area contributed by atoms with E-state index in [9.17, 15) is 24.3 Å². The fourth-order valence-electron chi connectivity index (χ4n) is 7.35. The number of likely N-dealkylation sites (tertiary alicyclic amines) is 1. The van der Waals surface area contributed by atoms with Gasteiger partial charge in [0.1, 0.15) is 36.1 Å². The maximum Gasteiger partial charge on any atom is 0.333 e. The van der Waals surface area contributed by atoms with Crippen LogP contribution in [0.2, 0.25) is 0 Å². The number of carboxylic acid groups (broad SMARTS) is 1. The van der Waals surface area contributed by atoms with Gasteiger partial charge in [-0.25, -0.2) is 9.69 Å². The summed E-state index contributed by atoms with van der Waals surface area (Å²) in [6.07, 6.45) is 1.30. The number of hydrogen-bond acceptors (Lipinski definition) is 10. The molecule has 4 atom stereocenters. The number of carboxylic acids is 1. The highest BCUT2D eigenvalue weighted by Crippen LogP contribution is 2.44. The Morgan fingerprint density at radius 2 is 1.73 bits per heavy atom. The molecule has 3 aliphatic rings. The molecule has 6 rings (SSSR count). The summed E-state index contributed by atoms with van der Waals surface area (Å²) in [6.45, 7) is 11.4. The predicted octanol–water partition coefficient (Wildman–Crippen LogP) is 5.79. The molecule has 2 fully saturated rings. The Labute approximate surface area is 308 Å². The fourth-order valence-corrected chi connectivity index (χ4v) is 8.37. The highest BCUT2D eigenvalue weighted by Gasteiger charge is 2.44. The van der Waals surface area contributed by atoms with Crippen molar-refractivity contribution in [1.29, 1.82) is 0 Å². The summed E-state index contributed by atoms with van der Waals surface area (Å²) in [7, 11) is 0. The van der Waals surface area contributed by atoms with Crippen LogP contribution in [0.1, 0.15) is 66.0 Å². The van der Waals surface area contributed by atoms with Crippen molar-refractivity contribution in [2.75, 3.05) is 19.7 Å². The molecule has 0 spiro atoms. The Bertz CT molecular complexity index is 1830. The Morgan fingerprint density at radius 1 is 1.00 bits per heavy atom. The molecule has 0 radical (unpaired) electrons. The number of ether oxygens (including phenoxy) is 3. The van der Waals surface area contributed by atoms with Crippen molar-refractivity contribution >= 4 is 34.8 Å². The summed E-state index contributed by atoms with van der Waals surface area (Å²) in [5, 5.41) is 16.7. The summed E-state index contributed by atoms with van der Waals surface area (Å²) >= 11 is 0.721. The standard InChI is InChI=1S/C40H46N2O9S/c1-24-25(2)36-31(26(3)35(24)50-21-28-9-6-5-7-10-28)16-17-40(4,51-36)23-41-18-8-11-29(41)22-49-30-14-12-27(13-15-30)19-33-37(45)42(39(48)52-33)34(44)20-32(43)38(46)47/h5-7,9-10,12-15,29,32-33,43H,8,11,16-23H2,1-4H3,(H,46,47)/t29-,32?,33?,40?/m0/s1. The van der Waals surface area contributed by atoms with Crippen LogP contribution in [0.3, 0.4) is 0 Å². The number of fused-ring (bicyclic) bond motifs is 1. The Hall–Kier alpha value is -4.39. The van der Waals surface area contributed by atoms with Crippen LogP contribution < -0.4 is 14.2 Å². The van der Waals surface area contributed by atoms with Gasteiger partial charge in [0.05, 0.1) is 11.7 Å². The summed E-state index contributed by atoms with van der Waals surface area (Å²) < 4.78 is 19.5. The molecule has 0 aromatic heterocycles. The molecule has 3 unspecified atom stereocenters. The molecule has 2 N–H and O–H groups in total. The van der Waals surface area contributed by atoms with Gasteiger partial charge in [-0.1, -0.05) is 54.2 Å². The van der Waals surface area contributed by atoms with Crippen LogP contribution in [-0.2, 0) is 33.8 Å². The third-order valence-corrected chi connectivity index (χ3v) is 11.5. The first kappa shape index (κ1) is 37.4. The van der Waals surface area contributed by atoms with Crippen molar-refractivity contribution in [3.8, 4) is 17.2 Å². The molecule has 3 amide bonds. The fraction of sp³-hybridized carbons (Fsp3) is 0.450. The number of rotatable bonds is 13. The minimum atomic E-state index is -1.99. The Morgan fingerprint density at radius 3 is 2.44 bits per heavy atom. The lowest BCUT2D eigenvalue weighted by atomic mass is 9.86. The van der Waals surface area contributed by atoms with Gasteiger partial charge in [0.2, 0.25) is 5.91 Å². The Kier molecular flexibility index (Phi) is 11.3. The van der Waals surface area contributed by atoms with E-state index >= 15 is 0 Å². The van der Waals surface area contributed by atoms with Crippen LogP contribution in [0.4, 0.5) is 4.79 Å². The van der Waals surface area contributed by atoms with E-state index in [1.54, 1.807) is 0 Å². The molecule has 52 heavy (non-hydrogen) atoms. The summed E-state index contributed by atoms with van der Waals surface area (Å²) in [5.41, 5.74) is 6.21. The highest BCUT2D eigenvalue weighted by atomic mass is 32.2. The number of hydrogen-bond donors (Lipinski definition) is 2. The van der Waals surface area contributed by atoms with Crippen LogP contribution >= 0.6 is 11.8 Å². The van der Waals surface area contributed by atoms with Gasteiger partial charge in [-0.3, -0.25) is 19.3 Å². The quantitative estimate of drug-likeness (QED) is 0.221. The first-order valence-electron chi connectivity index (χ1n) is 17.8. The topological polar surface area (TPSA) is 143 Å². The number of carbonyl (C=O) groups excluding carboxylic acids is 3. The zero-order valence-corrected chi connectivity index (χ0v) is 30.9. The minimum absolute atomic E-state index is 0.208. The highest BCUT2D eigenvalue weighted by molar-refractivity contribution is 8.15. The Balaban J connectivity index is 1.02. The molecule has 3 aromatic carbocycles. The summed E-state index contributed by atoms with van der Waals surface area (Å²) in [4.78, 5) is 51.3. The normalized spacial score (nSPS) is 22.2. The van der Waals surface area contributed by atoms with Crippen LogP contribution in [0, 0.1) is 20.8 Å². The van der Waals surface area contributed by atoms with Gasteiger partial charge in [-0.2, -0.15) is 0 Å². The molecule has 276 valence electrons. The number of carbonyl (C=O) groups is 4. The van der Waals surface area contributed by atoms with Crippen molar-refractivity contribution in [1.82, 2.24) is 9.80 Å². The zero-order valence-electron chi connectivity index (χ0n) is 30.1. The predicted molar refractivity (Wildman–Crippen MR) is 196 cm³/mol. The third kappa shape index (κ3) is 8.14. The van der Waals surface area contributed by atoms with Crippen LogP contribution in [0.5, 0.6) is 17.2 Å². The summed E-state index contributed by atoms with van der Waals surface area (Å²) in [6, 6.07) is 17.8. The van der Waals surface area contributed by atoms with Gasteiger partial charge in [0.25, 0.3) is 11.1 Å². The maximum absolute atomic E-state index is 12.8. The van der Waals surface area contributed by atoms with Crippen LogP contribution in [-0.4, -0.2) is 85.7 Å². The smallest absolute Gasteiger partial charge is 0.333 e. The van der Waals surface area contributed by atoms with E-state index in [1.165, 1.54) is 5.56 Å². The second kappa shape index (κ2) is 15.7. The second-order valence-electron chi connectivity index (χ2n) is 14.3. The van der Waals surface area contributed by atoms with E-state index in [-0.39, 0.29) is 18.1 Å². The molecule has 3 aromatic rings. The molecular formula is C40H46N2O9S. The van der Waals surface area contributed by atoms with Gasteiger partial charge in [-0.15, -0.1) is 0 Å². The number of aliphatic hydroxyl groups excluding tert-OH is 1. The number of thioether (sulfide) groups is 1. The molecule has 0 aliphatic carbocycles. The minimum Gasteiger partial charge on any atom is -0.492 e. The lowest BCUT2D eigenvalue weighted by Crippen LogP contribution is -2.50. The van der Waals surface area contributed by atoms with E-state index in [0.717, 1.165) is 89.9 Å². The first-order valence-corrected chi connectivity index (χ1v) is 18.6. The van der Waals surface area contributed by atoms with Crippen LogP contribution in [0.15, 0.2) is 54.6 Å². The largest absolute Gasteiger partial charge is 0.492 e. The zero-order chi connectivity index (χ0) is 37.2. The number of amides is 3. The average molecular weight is 731 g/mol. The first-order chi connectivity index (χ1) is 24.8. The van der Waals surface area contributed by atoms with E-state index in [4.69, 9.17) is 19.3 Å². The molecule has 0 bridgehead atoms. The lowest BCUT2D eigenvalue weighted by molar-refractivity contribution is -0.152. The summed E-state index contributed by atoms with van der Waals surface area (Å²) in [5.74, 6) is -0.709. The van der Waals surface area contributed by atoms with Gasteiger partial charge >= 0.3 is 5.97 Å². The molecule has 12 heteroatoms. The average Bonchev–Trinajstić information content (AvgIpc) is 3.68. The third-order valence-electron chi connectivity index (χ3n) is 10.4. The molecule has 3 heterocycles. The molecule has 2 saturated heterocycles. The van der Waals surface area contributed by atoms with E-state index in [2.05, 4.69) is 44.7 Å². The number of nitrogens with zero attached hydrogens (tertiary/aromatic N) is 2. The van der Waals surface area contributed by atoms with Crippen molar-refractivity contribution in [3.05, 3.63) is 88.0 Å². The number of imide groups is 3. The van der Waals surface area contributed by atoms with E-state index < -0.39 is 40.8 Å². The molecule has 3 aliphatic heterocycles. The number of benzene rings is 3. The monoisotopic (exact) mass is 730 g/mol. The molecule has 11 nitrogen and oxygen atoms in total. The van der Waals surface area contributed by atoms with Crippen molar-refractivity contribution < 1.29 is 43.6 Å². The van der Waals surface area contributed by atoms with Crippen molar-refractivity contribution in [2.45, 2.75) is 95.8 Å². The van der Waals surface area contributed by atoms with Gasteiger partial charge in [0.15, 0.2) is 6.10 Å². The van der Waals surface area contributed by atoms with Crippen molar-refractivity contribution in [2.24, 2.45) is 0 Å². The molecule has 0 saturated carbocycles. The maximum atomic E-state index is 12.8. The van der Waals surface area contributed by atoms with Gasteiger partial charge in [0, 0.05) is 18.2 Å². The van der Waals surface area contributed by atoms with Crippen molar-refractivity contribution in [3.63, 3.8) is 0 Å². The van der Waals surface area contributed by atoms with Crippen LogP contribution in [0.25, 0.3) is 0 Å². The molecular weight excluding hydrogens is 685 g/mol. The van der Waals surface area contributed by atoms with E-state index in [1.807, 2.05) is 42.5 Å².